The Labute approximate surface area is 187 Å². The van der Waals surface area contributed by atoms with E-state index in [0.717, 1.165) is 6.07 Å². The molecule has 0 unspecified atom stereocenters. The fourth-order valence-electron chi connectivity index (χ4n) is 4.41. The van der Waals surface area contributed by atoms with Crippen LogP contribution < -0.4 is 21.1 Å². The Hall–Kier alpha value is -4.21. The number of ether oxygens (including phenoxy) is 1. The van der Waals surface area contributed by atoms with Gasteiger partial charge < -0.3 is 21.1 Å². The maximum absolute atomic E-state index is 14.9. The van der Waals surface area contributed by atoms with Crippen LogP contribution in [0.1, 0.15) is 49.7 Å². The number of anilines is 1. The number of benzene rings is 2. The molecule has 0 saturated heterocycles. The first-order valence-electron chi connectivity index (χ1n) is 10.2. The zero-order valence-corrected chi connectivity index (χ0v) is 17.7. The van der Waals surface area contributed by atoms with Gasteiger partial charge in [-0.25, -0.2) is 9.07 Å². The molecular formula is C23H20FN5O4. The monoisotopic (exact) mass is 449 g/mol. The van der Waals surface area contributed by atoms with E-state index in [0.29, 0.717) is 29.8 Å². The summed E-state index contributed by atoms with van der Waals surface area (Å²) in [5, 5.41) is 4.39. The van der Waals surface area contributed by atoms with Crippen LogP contribution in [0.25, 0.3) is 5.69 Å². The van der Waals surface area contributed by atoms with Crippen LogP contribution in [-0.4, -0.2) is 41.2 Å². The molecule has 3 aromatic rings. The largest absolute Gasteiger partial charge is 0.497 e. The minimum absolute atomic E-state index is 0.00169. The number of hydrogen-bond acceptors (Lipinski definition) is 5. The maximum atomic E-state index is 14.9. The van der Waals surface area contributed by atoms with E-state index in [-0.39, 0.29) is 29.2 Å². The third-order valence-corrected chi connectivity index (χ3v) is 6.25. The molecular weight excluding hydrogens is 429 g/mol. The Morgan fingerprint density at radius 1 is 1.09 bits per heavy atom. The predicted molar refractivity (Wildman–Crippen MR) is 116 cm³/mol. The summed E-state index contributed by atoms with van der Waals surface area (Å²) in [6.45, 7) is 0.167. The zero-order chi connectivity index (χ0) is 23.5. The van der Waals surface area contributed by atoms with E-state index in [2.05, 4.69) is 5.10 Å². The fraction of sp³-hybridized carbons (Fsp3) is 0.217. The van der Waals surface area contributed by atoms with Gasteiger partial charge in [-0.3, -0.25) is 14.4 Å². The molecule has 3 amide bonds. The topological polar surface area (TPSA) is 134 Å². The molecule has 168 valence electrons. The van der Waals surface area contributed by atoms with Gasteiger partial charge >= 0.3 is 0 Å². The highest BCUT2D eigenvalue weighted by molar-refractivity contribution is 6.11. The van der Waals surface area contributed by atoms with Crippen molar-refractivity contribution in [1.82, 2.24) is 9.78 Å². The van der Waals surface area contributed by atoms with Gasteiger partial charge in [0.1, 0.15) is 17.3 Å². The summed E-state index contributed by atoms with van der Waals surface area (Å²) < 4.78 is 21.5. The maximum Gasteiger partial charge on any atom is 0.277 e. The second-order valence-electron chi connectivity index (χ2n) is 8.25. The minimum Gasteiger partial charge on any atom is -0.497 e. The smallest absolute Gasteiger partial charge is 0.277 e. The molecule has 1 aliphatic heterocycles. The Morgan fingerprint density at radius 3 is 2.33 bits per heavy atom. The van der Waals surface area contributed by atoms with Crippen LogP contribution in [0.2, 0.25) is 0 Å². The first-order valence-corrected chi connectivity index (χ1v) is 10.2. The number of rotatable bonds is 5. The molecule has 33 heavy (non-hydrogen) atoms. The highest BCUT2D eigenvalue weighted by atomic mass is 19.1. The average molecular weight is 449 g/mol. The lowest BCUT2D eigenvalue weighted by atomic mass is 9.88. The molecule has 10 heteroatoms. The molecule has 2 aliphatic rings. The van der Waals surface area contributed by atoms with Crippen LogP contribution in [0, 0.1) is 5.82 Å². The molecule has 1 saturated carbocycles. The average Bonchev–Trinajstić information content (AvgIpc) is 3.44. The normalized spacial score (nSPS) is 15.9. The molecule has 9 nitrogen and oxygen atoms in total. The highest BCUT2D eigenvalue weighted by Gasteiger charge is 2.56. The number of halogens is 1. The van der Waals surface area contributed by atoms with Gasteiger partial charge in [-0.05, 0) is 55.3 Å². The van der Waals surface area contributed by atoms with Gasteiger partial charge in [0, 0.05) is 23.1 Å². The molecule has 2 heterocycles. The summed E-state index contributed by atoms with van der Waals surface area (Å²) >= 11 is 0. The second kappa shape index (κ2) is 7.16. The van der Waals surface area contributed by atoms with Crippen molar-refractivity contribution in [2.45, 2.75) is 18.3 Å². The van der Waals surface area contributed by atoms with E-state index >= 15 is 0 Å². The summed E-state index contributed by atoms with van der Waals surface area (Å²) in [6, 6.07) is 10.5. The van der Waals surface area contributed by atoms with Crippen molar-refractivity contribution in [3.63, 3.8) is 0 Å². The Bertz CT molecular complexity index is 1330. The van der Waals surface area contributed by atoms with E-state index in [1.54, 1.807) is 24.3 Å². The number of aromatic nitrogens is 2. The quantitative estimate of drug-likeness (QED) is 0.614. The molecule has 0 bridgehead atoms. The minimum atomic E-state index is -0.768. The lowest BCUT2D eigenvalue weighted by molar-refractivity contribution is 0.0965. The summed E-state index contributed by atoms with van der Waals surface area (Å²) in [7, 11) is 1.53. The zero-order valence-electron chi connectivity index (χ0n) is 17.7. The van der Waals surface area contributed by atoms with Crippen LogP contribution in [0.4, 0.5) is 10.1 Å². The number of primary amides is 2. The molecule has 4 N–H and O–H groups in total. The number of methoxy groups -OCH3 is 1. The van der Waals surface area contributed by atoms with Crippen molar-refractivity contribution < 1.29 is 23.5 Å². The summed E-state index contributed by atoms with van der Waals surface area (Å²) in [6.07, 6.45) is 1.39. The van der Waals surface area contributed by atoms with E-state index in [1.165, 1.54) is 28.8 Å². The van der Waals surface area contributed by atoms with Crippen molar-refractivity contribution in [2.75, 3.05) is 18.6 Å². The molecule has 2 aromatic carbocycles. The van der Waals surface area contributed by atoms with Gasteiger partial charge in [-0.1, -0.05) is 0 Å². The van der Waals surface area contributed by atoms with Crippen molar-refractivity contribution in [2.24, 2.45) is 11.5 Å². The SMILES string of the molecule is COc1ccc(-n2nc(C(N)=O)c3c2C(=O)N(c2ccc(C(N)=O)cc2F)CC32CC2)cc1. The third-order valence-electron chi connectivity index (χ3n) is 6.25. The Morgan fingerprint density at radius 2 is 1.79 bits per heavy atom. The second-order valence-corrected chi connectivity index (χ2v) is 8.25. The number of fused-ring (bicyclic) bond motifs is 2. The fourth-order valence-corrected chi connectivity index (χ4v) is 4.41. The van der Waals surface area contributed by atoms with Crippen LogP contribution in [-0.2, 0) is 5.41 Å². The first-order chi connectivity index (χ1) is 15.8. The standard InChI is InChI=1S/C23H20FN5O4/c1-33-14-5-3-13(4-6-14)29-19-17(18(27-29)21(26)31)23(8-9-23)11-28(22(19)32)16-7-2-12(20(25)30)10-15(16)24/h2-7,10H,8-9,11H2,1H3,(H2,25,30)(H2,26,31). The highest BCUT2D eigenvalue weighted by Crippen LogP contribution is 2.54. The lowest BCUT2D eigenvalue weighted by Crippen LogP contribution is -2.45. The van der Waals surface area contributed by atoms with Crippen molar-refractivity contribution in [3.8, 4) is 11.4 Å². The molecule has 1 spiro atoms. The van der Waals surface area contributed by atoms with E-state index < -0.39 is 29.0 Å². The first kappa shape index (κ1) is 20.7. The van der Waals surface area contributed by atoms with Crippen LogP contribution in [0.3, 0.4) is 0 Å². The van der Waals surface area contributed by atoms with Gasteiger partial charge in [-0.2, -0.15) is 5.10 Å². The van der Waals surface area contributed by atoms with Gasteiger partial charge in [0.15, 0.2) is 5.69 Å². The van der Waals surface area contributed by atoms with Gasteiger partial charge in [0.2, 0.25) is 5.91 Å². The number of carbonyl (C=O) groups excluding carboxylic acids is 3. The lowest BCUT2D eigenvalue weighted by Gasteiger charge is -2.33. The van der Waals surface area contributed by atoms with Crippen LogP contribution >= 0.6 is 0 Å². The molecule has 1 fully saturated rings. The molecule has 5 rings (SSSR count). The summed E-state index contributed by atoms with van der Waals surface area (Å²) in [5.74, 6) is -2.16. The molecule has 0 atom stereocenters. The third kappa shape index (κ3) is 3.13. The van der Waals surface area contributed by atoms with Crippen molar-refractivity contribution in [1.29, 1.82) is 0 Å². The number of nitrogens with two attached hydrogens (primary N) is 2. The Balaban J connectivity index is 1.68. The van der Waals surface area contributed by atoms with Crippen molar-refractivity contribution in [3.05, 3.63) is 70.8 Å². The number of nitrogens with zero attached hydrogens (tertiary/aromatic N) is 3. The van der Waals surface area contributed by atoms with Gasteiger partial charge in [0.05, 0.1) is 18.5 Å². The summed E-state index contributed by atoms with van der Waals surface area (Å²) in [5.41, 5.74) is 11.6. The van der Waals surface area contributed by atoms with Crippen LogP contribution in [0.5, 0.6) is 5.75 Å². The van der Waals surface area contributed by atoms with E-state index in [9.17, 15) is 18.8 Å². The van der Waals surface area contributed by atoms with Crippen LogP contribution in [0.15, 0.2) is 42.5 Å². The van der Waals surface area contributed by atoms with Crippen molar-refractivity contribution >= 4 is 23.4 Å². The predicted octanol–water partition coefficient (Wildman–Crippen LogP) is 1.91. The number of carbonyl (C=O) groups is 3. The number of amides is 3. The van der Waals surface area contributed by atoms with Gasteiger partial charge in [-0.15, -0.1) is 0 Å². The molecule has 1 aliphatic carbocycles. The number of hydrogen-bond donors (Lipinski definition) is 2. The Kier molecular flexibility index (Phi) is 4.48. The molecule has 0 radical (unpaired) electrons. The van der Waals surface area contributed by atoms with Gasteiger partial charge in [0.25, 0.3) is 11.8 Å². The molecule has 1 aromatic heterocycles. The van der Waals surface area contributed by atoms with E-state index in [1.807, 2.05) is 0 Å². The summed E-state index contributed by atoms with van der Waals surface area (Å²) in [4.78, 5) is 38.7. The van der Waals surface area contributed by atoms with E-state index in [4.69, 9.17) is 16.2 Å².